The van der Waals surface area contributed by atoms with Gasteiger partial charge in [-0.05, 0) is 31.2 Å². The molecule has 1 aromatic carbocycles. The molecule has 0 radical (unpaired) electrons. The van der Waals surface area contributed by atoms with E-state index in [2.05, 4.69) is 15.4 Å². The maximum Gasteiger partial charge on any atom is 0.573 e. The molecule has 1 atom stereocenters. The SMILES string of the molecule is COC[C@@](C)(CNC(=O)C(=O)Nc1ccc(OC(F)(F)F)cc1)OC. The van der Waals surface area contributed by atoms with Gasteiger partial charge < -0.3 is 24.8 Å². The zero-order valence-corrected chi connectivity index (χ0v) is 13.9. The molecule has 0 saturated heterocycles. The third-order valence-electron chi connectivity index (χ3n) is 3.12. The van der Waals surface area contributed by atoms with Gasteiger partial charge in [0, 0.05) is 26.5 Å². The van der Waals surface area contributed by atoms with Gasteiger partial charge in [0.15, 0.2) is 0 Å². The van der Waals surface area contributed by atoms with Crippen LogP contribution in [0.15, 0.2) is 24.3 Å². The largest absolute Gasteiger partial charge is 0.573 e. The fourth-order valence-electron chi connectivity index (χ4n) is 1.76. The molecule has 0 aliphatic heterocycles. The van der Waals surface area contributed by atoms with Gasteiger partial charge in [-0.15, -0.1) is 13.2 Å². The first-order chi connectivity index (χ1) is 11.6. The van der Waals surface area contributed by atoms with Gasteiger partial charge in [-0.2, -0.15) is 0 Å². The minimum atomic E-state index is -4.80. The second-order valence-corrected chi connectivity index (χ2v) is 5.30. The van der Waals surface area contributed by atoms with Crippen molar-refractivity contribution < 1.29 is 37.0 Å². The zero-order valence-electron chi connectivity index (χ0n) is 13.9. The molecule has 1 aromatic rings. The van der Waals surface area contributed by atoms with Crippen LogP contribution in [0.2, 0.25) is 0 Å². The van der Waals surface area contributed by atoms with Crippen molar-refractivity contribution in [3.05, 3.63) is 24.3 Å². The zero-order chi connectivity index (χ0) is 19.1. The number of carbonyl (C=O) groups excluding carboxylic acids is 2. The Hall–Kier alpha value is -2.33. The van der Waals surface area contributed by atoms with E-state index in [4.69, 9.17) is 9.47 Å². The van der Waals surface area contributed by atoms with E-state index in [0.717, 1.165) is 12.1 Å². The minimum absolute atomic E-state index is 0.0297. The lowest BCUT2D eigenvalue weighted by Gasteiger charge is -2.27. The molecule has 0 unspecified atom stereocenters. The molecule has 0 saturated carbocycles. The van der Waals surface area contributed by atoms with Gasteiger partial charge in [-0.25, -0.2) is 0 Å². The number of hydrogen-bond acceptors (Lipinski definition) is 5. The van der Waals surface area contributed by atoms with Crippen molar-refractivity contribution in [1.29, 1.82) is 0 Å². The number of halogens is 3. The molecule has 0 fully saturated rings. The average Bonchev–Trinajstić information content (AvgIpc) is 2.53. The van der Waals surface area contributed by atoms with E-state index in [1.54, 1.807) is 6.92 Å². The summed E-state index contributed by atoms with van der Waals surface area (Å²) < 4.78 is 50.0. The molecule has 140 valence electrons. The number of benzene rings is 1. The Morgan fingerprint density at radius 2 is 1.68 bits per heavy atom. The standard InChI is InChI=1S/C15H19F3N2O5/c1-14(24-3,9-23-2)8-19-12(21)13(22)20-10-4-6-11(7-5-10)25-15(16,17)18/h4-7H,8-9H2,1-3H3,(H,19,21)(H,20,22)/t14-/m1/s1. The van der Waals surface area contributed by atoms with E-state index < -0.39 is 29.5 Å². The van der Waals surface area contributed by atoms with Crippen LogP contribution in [0.4, 0.5) is 18.9 Å². The van der Waals surface area contributed by atoms with Crippen LogP contribution in [-0.4, -0.2) is 51.1 Å². The molecule has 0 spiro atoms. The number of alkyl halides is 3. The lowest BCUT2D eigenvalue weighted by molar-refractivity contribution is -0.274. The smallest absolute Gasteiger partial charge is 0.406 e. The van der Waals surface area contributed by atoms with Crippen LogP contribution < -0.4 is 15.4 Å². The van der Waals surface area contributed by atoms with Crippen molar-refractivity contribution in [2.24, 2.45) is 0 Å². The van der Waals surface area contributed by atoms with Crippen LogP contribution in [0.1, 0.15) is 6.92 Å². The van der Waals surface area contributed by atoms with E-state index in [9.17, 15) is 22.8 Å². The molecule has 1 rings (SSSR count). The number of hydrogen-bond donors (Lipinski definition) is 2. The van der Waals surface area contributed by atoms with Gasteiger partial charge in [0.2, 0.25) is 0 Å². The number of amides is 2. The van der Waals surface area contributed by atoms with Crippen LogP contribution in [-0.2, 0) is 19.1 Å². The normalized spacial score (nSPS) is 13.7. The summed E-state index contributed by atoms with van der Waals surface area (Å²) in [5, 5.41) is 4.65. The molecule has 0 bridgehead atoms. The summed E-state index contributed by atoms with van der Waals surface area (Å²) in [4.78, 5) is 23.6. The summed E-state index contributed by atoms with van der Waals surface area (Å²) in [6.07, 6.45) is -4.80. The maximum atomic E-state index is 12.1. The van der Waals surface area contributed by atoms with E-state index in [-0.39, 0.29) is 18.8 Å². The van der Waals surface area contributed by atoms with Gasteiger partial charge in [-0.1, -0.05) is 0 Å². The Kier molecular flexibility index (Phi) is 7.19. The highest BCUT2D eigenvalue weighted by atomic mass is 19.4. The monoisotopic (exact) mass is 364 g/mol. The van der Waals surface area contributed by atoms with Gasteiger partial charge in [-0.3, -0.25) is 9.59 Å². The van der Waals surface area contributed by atoms with Gasteiger partial charge in [0.25, 0.3) is 0 Å². The average molecular weight is 364 g/mol. The van der Waals surface area contributed by atoms with Crippen LogP contribution in [0.5, 0.6) is 5.75 Å². The lowest BCUT2D eigenvalue weighted by Crippen LogP contribution is -2.48. The number of carbonyl (C=O) groups is 2. The topological polar surface area (TPSA) is 85.9 Å². The molecular formula is C15H19F3N2O5. The predicted molar refractivity (Wildman–Crippen MR) is 82.1 cm³/mol. The Morgan fingerprint density at radius 1 is 1.08 bits per heavy atom. The fraction of sp³-hybridized carbons (Fsp3) is 0.467. The Bertz CT molecular complexity index is 592. The van der Waals surface area contributed by atoms with E-state index in [1.807, 2.05) is 0 Å². The number of anilines is 1. The van der Waals surface area contributed by atoms with Gasteiger partial charge >= 0.3 is 18.2 Å². The summed E-state index contributed by atoms with van der Waals surface area (Å²) in [6.45, 7) is 1.92. The van der Waals surface area contributed by atoms with Crippen molar-refractivity contribution in [2.75, 3.05) is 32.7 Å². The molecule has 0 aliphatic rings. The molecule has 2 amide bonds. The third kappa shape index (κ3) is 7.40. The maximum absolute atomic E-state index is 12.1. The van der Waals surface area contributed by atoms with Crippen LogP contribution in [0, 0.1) is 0 Å². The summed E-state index contributed by atoms with van der Waals surface area (Å²) in [5.41, 5.74) is -0.664. The van der Waals surface area contributed by atoms with Crippen molar-refractivity contribution in [2.45, 2.75) is 18.9 Å². The first-order valence-electron chi connectivity index (χ1n) is 7.07. The number of rotatable bonds is 7. The Morgan fingerprint density at radius 3 is 2.16 bits per heavy atom. The Balaban J connectivity index is 2.56. The molecule has 10 heteroatoms. The molecule has 0 aromatic heterocycles. The van der Waals surface area contributed by atoms with Crippen molar-refractivity contribution in [3.63, 3.8) is 0 Å². The van der Waals surface area contributed by atoms with Crippen molar-refractivity contribution >= 4 is 17.5 Å². The molecule has 0 heterocycles. The molecule has 7 nitrogen and oxygen atoms in total. The minimum Gasteiger partial charge on any atom is -0.406 e. The number of methoxy groups -OCH3 is 2. The van der Waals surface area contributed by atoms with Crippen molar-refractivity contribution in [3.8, 4) is 5.75 Å². The van der Waals surface area contributed by atoms with Crippen molar-refractivity contribution in [1.82, 2.24) is 5.32 Å². The third-order valence-corrected chi connectivity index (χ3v) is 3.12. The first-order valence-corrected chi connectivity index (χ1v) is 7.07. The van der Waals surface area contributed by atoms with E-state index >= 15 is 0 Å². The summed E-state index contributed by atoms with van der Waals surface area (Å²) in [6, 6.07) is 4.38. The van der Waals surface area contributed by atoms with Gasteiger partial charge in [0.1, 0.15) is 11.4 Å². The quantitative estimate of drug-likeness (QED) is 0.719. The highest BCUT2D eigenvalue weighted by Crippen LogP contribution is 2.23. The number of nitrogens with one attached hydrogen (secondary N) is 2. The van der Waals surface area contributed by atoms with Gasteiger partial charge in [0.05, 0.1) is 6.61 Å². The number of ether oxygens (including phenoxy) is 3. The fourth-order valence-corrected chi connectivity index (χ4v) is 1.76. The summed E-state index contributed by atoms with van der Waals surface area (Å²) >= 11 is 0. The lowest BCUT2D eigenvalue weighted by atomic mass is 10.1. The molecule has 25 heavy (non-hydrogen) atoms. The van der Waals surface area contributed by atoms with Crippen LogP contribution in [0.3, 0.4) is 0 Å². The molecular weight excluding hydrogens is 345 g/mol. The highest BCUT2D eigenvalue weighted by Gasteiger charge is 2.31. The molecule has 0 aliphatic carbocycles. The summed E-state index contributed by atoms with van der Waals surface area (Å²) in [5.74, 6) is -2.33. The second-order valence-electron chi connectivity index (χ2n) is 5.30. The van der Waals surface area contributed by atoms with Crippen LogP contribution >= 0.6 is 0 Å². The van der Waals surface area contributed by atoms with E-state index in [1.165, 1.54) is 26.4 Å². The van der Waals surface area contributed by atoms with Crippen LogP contribution in [0.25, 0.3) is 0 Å². The summed E-state index contributed by atoms with van der Waals surface area (Å²) in [7, 11) is 2.91. The Labute approximate surface area is 142 Å². The first kappa shape index (κ1) is 20.7. The highest BCUT2D eigenvalue weighted by molar-refractivity contribution is 6.39. The second kappa shape index (κ2) is 8.67. The molecule has 2 N–H and O–H groups in total. The van der Waals surface area contributed by atoms with E-state index in [0.29, 0.717) is 0 Å². The predicted octanol–water partition coefficient (Wildman–Crippen LogP) is 1.69.